The highest BCUT2D eigenvalue weighted by Crippen LogP contribution is 2.34. The van der Waals surface area contributed by atoms with E-state index in [-0.39, 0.29) is 17.7 Å². The fourth-order valence-electron chi connectivity index (χ4n) is 3.93. The number of carbonyl (C=O) groups excluding carboxylic acids is 2. The number of carbonyl (C=O) groups is 2. The lowest BCUT2D eigenvalue weighted by molar-refractivity contribution is -0.189. The summed E-state index contributed by atoms with van der Waals surface area (Å²) in [5.74, 6) is -2.67. The van der Waals surface area contributed by atoms with Crippen LogP contribution in [0.2, 0.25) is 0 Å². The number of aliphatic imine (C=N–C) groups is 1. The minimum atomic E-state index is -1.71. The third-order valence-corrected chi connectivity index (χ3v) is 5.90. The van der Waals surface area contributed by atoms with E-state index in [1.54, 1.807) is 0 Å². The van der Waals surface area contributed by atoms with Gasteiger partial charge < -0.3 is 45.2 Å². The molecule has 3 aliphatic heterocycles. The van der Waals surface area contributed by atoms with Crippen molar-refractivity contribution in [2.75, 3.05) is 13.2 Å². The fourth-order valence-corrected chi connectivity index (χ4v) is 3.93. The van der Waals surface area contributed by atoms with Gasteiger partial charge in [0.15, 0.2) is 5.88 Å². The third-order valence-electron chi connectivity index (χ3n) is 5.90. The molecule has 15 nitrogen and oxygen atoms in total. The minimum absolute atomic E-state index is 0.206. The van der Waals surface area contributed by atoms with Crippen molar-refractivity contribution in [2.24, 2.45) is 4.99 Å². The highest BCUT2D eigenvalue weighted by Gasteiger charge is 2.43. The third kappa shape index (κ3) is 4.63. The Labute approximate surface area is 195 Å². The van der Waals surface area contributed by atoms with E-state index in [1.165, 1.54) is 0 Å². The summed E-state index contributed by atoms with van der Waals surface area (Å²) in [4.78, 5) is 43.0. The van der Waals surface area contributed by atoms with Crippen molar-refractivity contribution >= 4 is 23.2 Å². The summed E-state index contributed by atoms with van der Waals surface area (Å²) in [7, 11) is 0. The number of pyridine rings is 1. The highest BCUT2D eigenvalue weighted by atomic mass is 16.5. The highest BCUT2D eigenvalue weighted by molar-refractivity contribution is 6.49. The lowest BCUT2D eigenvalue weighted by atomic mass is 9.92. The molecule has 8 atom stereocenters. The van der Waals surface area contributed by atoms with Crippen LogP contribution in [-0.2, 0) is 19.1 Å². The number of aliphatic hydroxyl groups is 6. The Morgan fingerprint density at radius 1 is 0.829 bits per heavy atom. The van der Waals surface area contributed by atoms with Crippen molar-refractivity contribution in [3.8, 4) is 5.88 Å². The molecule has 4 rings (SSSR count). The Balaban J connectivity index is 1.71. The van der Waals surface area contributed by atoms with E-state index in [1.807, 2.05) is 5.32 Å². The molecular formula is C20H23N3O12. The first kappa shape index (κ1) is 25.1. The molecular weight excluding hydrogens is 474 g/mol. The molecule has 9 N–H and O–H groups in total. The van der Waals surface area contributed by atoms with Crippen molar-refractivity contribution in [2.45, 2.75) is 48.8 Å². The van der Waals surface area contributed by atoms with E-state index in [4.69, 9.17) is 9.47 Å². The lowest BCUT2D eigenvalue weighted by Crippen LogP contribution is -2.56. The number of amides is 2. The SMILES string of the molecule is O=C1NC(=O)C(=Nc2cc([C@H]3OC[C@H](O)[C@H](O)[C@@H]3O)c(O)[nH]c2=O)C=C1[C@@H]1OC[C@@H](O)[C@@H](O)[C@H]1O. The maximum atomic E-state index is 12.4. The zero-order chi connectivity index (χ0) is 25.6. The number of rotatable bonds is 3. The van der Waals surface area contributed by atoms with Crippen molar-refractivity contribution in [3.05, 3.63) is 33.6 Å². The topological polar surface area (TPSA) is 251 Å². The molecule has 1 aromatic rings. The molecule has 0 unspecified atom stereocenters. The normalized spacial score (nSPS) is 37.2. The molecule has 1 aromatic heterocycles. The summed E-state index contributed by atoms with van der Waals surface area (Å²) in [6, 6.07) is 0.989. The number of nitrogens with zero attached hydrogens (tertiary/aromatic N) is 1. The molecule has 0 saturated carbocycles. The molecule has 4 heterocycles. The summed E-state index contributed by atoms with van der Waals surface area (Å²) in [5, 5.41) is 71.6. The smallest absolute Gasteiger partial charge is 0.276 e. The molecule has 15 heteroatoms. The lowest BCUT2D eigenvalue weighted by Gasteiger charge is -2.36. The Morgan fingerprint density at radius 3 is 2.03 bits per heavy atom. The van der Waals surface area contributed by atoms with Crippen LogP contribution in [0, 0.1) is 0 Å². The Morgan fingerprint density at radius 2 is 1.40 bits per heavy atom. The predicted molar refractivity (Wildman–Crippen MR) is 112 cm³/mol. The van der Waals surface area contributed by atoms with E-state index in [2.05, 4.69) is 9.98 Å². The van der Waals surface area contributed by atoms with Gasteiger partial charge >= 0.3 is 0 Å². The number of hydrogen-bond donors (Lipinski definition) is 9. The molecule has 190 valence electrons. The second-order valence-corrected chi connectivity index (χ2v) is 8.27. The molecule has 0 bridgehead atoms. The van der Waals surface area contributed by atoms with Crippen LogP contribution in [0.4, 0.5) is 5.69 Å². The number of aliphatic hydroxyl groups excluding tert-OH is 6. The van der Waals surface area contributed by atoms with Crippen LogP contribution in [0.5, 0.6) is 5.88 Å². The van der Waals surface area contributed by atoms with Crippen LogP contribution >= 0.6 is 0 Å². The zero-order valence-electron chi connectivity index (χ0n) is 17.8. The molecule has 0 spiro atoms. The summed E-state index contributed by atoms with van der Waals surface area (Å²) in [6.07, 6.45) is -11.2. The predicted octanol–water partition coefficient (Wildman–Crippen LogP) is -4.63. The van der Waals surface area contributed by atoms with Crippen LogP contribution in [0.15, 0.2) is 27.5 Å². The zero-order valence-corrected chi connectivity index (χ0v) is 17.8. The van der Waals surface area contributed by atoms with Crippen LogP contribution < -0.4 is 10.9 Å². The van der Waals surface area contributed by atoms with Gasteiger partial charge in [0.05, 0.1) is 18.8 Å². The average molecular weight is 497 g/mol. The van der Waals surface area contributed by atoms with Crippen LogP contribution in [-0.4, -0.2) is 114 Å². The first-order valence-corrected chi connectivity index (χ1v) is 10.4. The number of ether oxygens (including phenoxy) is 2. The molecule has 0 aromatic carbocycles. The van der Waals surface area contributed by atoms with Gasteiger partial charge in [-0.15, -0.1) is 0 Å². The van der Waals surface area contributed by atoms with Gasteiger partial charge in [-0.25, -0.2) is 4.99 Å². The van der Waals surface area contributed by atoms with Gasteiger partial charge in [-0.05, 0) is 12.1 Å². The van der Waals surface area contributed by atoms with Crippen LogP contribution in [0.1, 0.15) is 11.7 Å². The Kier molecular flexibility index (Phi) is 6.85. The van der Waals surface area contributed by atoms with Crippen LogP contribution in [0.25, 0.3) is 0 Å². The van der Waals surface area contributed by atoms with Gasteiger partial charge in [-0.3, -0.25) is 24.7 Å². The average Bonchev–Trinajstić information content (AvgIpc) is 2.80. The van der Waals surface area contributed by atoms with Crippen molar-refractivity contribution in [1.82, 2.24) is 10.3 Å². The van der Waals surface area contributed by atoms with E-state index in [0.717, 1.165) is 12.1 Å². The summed E-state index contributed by atoms with van der Waals surface area (Å²) >= 11 is 0. The quantitative estimate of drug-likeness (QED) is 0.179. The molecule has 0 aliphatic carbocycles. The molecule has 2 amide bonds. The van der Waals surface area contributed by atoms with Crippen molar-refractivity contribution in [1.29, 1.82) is 0 Å². The number of hydrogen-bond acceptors (Lipinski definition) is 13. The number of H-pyrrole nitrogens is 1. The second-order valence-electron chi connectivity index (χ2n) is 8.27. The standard InChI is InChI=1S/C20H23N3O12/c24-9-3-34-15(13(28)11(9)26)5-1-7(19(32)22-17(5)30)21-8-2-6(18(31)23-20(8)33)16-14(29)12(27)10(25)4-35-16/h1-2,9-16,24-29H,3-4H2,(H,22,30,32)(H2,23,31,33)/t9-,10+,11-,12+,13-,14+,15+,16-/m1/s1. The van der Waals surface area contributed by atoms with E-state index in [9.17, 15) is 50.1 Å². The molecule has 2 fully saturated rings. The Bertz CT molecular complexity index is 1150. The van der Waals surface area contributed by atoms with E-state index < -0.39 is 90.1 Å². The monoisotopic (exact) mass is 497 g/mol. The van der Waals surface area contributed by atoms with Crippen molar-refractivity contribution < 1.29 is 54.8 Å². The number of nitrogens with one attached hydrogen (secondary N) is 2. The fraction of sp³-hybridized carbons (Fsp3) is 0.500. The first-order valence-electron chi connectivity index (χ1n) is 10.4. The first-order chi connectivity index (χ1) is 16.5. The van der Waals surface area contributed by atoms with Gasteiger partial charge in [-0.1, -0.05) is 0 Å². The van der Waals surface area contributed by atoms with Crippen molar-refractivity contribution in [3.63, 3.8) is 0 Å². The molecule has 35 heavy (non-hydrogen) atoms. The summed E-state index contributed by atoms with van der Waals surface area (Å²) in [5.41, 5.74) is -2.40. The van der Waals surface area contributed by atoms with E-state index in [0.29, 0.717) is 0 Å². The number of aromatic hydroxyl groups is 1. The summed E-state index contributed by atoms with van der Waals surface area (Å²) in [6.45, 7) is -0.786. The van der Waals surface area contributed by atoms with Crippen LogP contribution in [0.3, 0.4) is 0 Å². The van der Waals surface area contributed by atoms with Gasteiger partial charge in [0.1, 0.15) is 60.2 Å². The number of aromatic amines is 1. The maximum Gasteiger partial charge on any atom is 0.276 e. The van der Waals surface area contributed by atoms with Gasteiger partial charge in [0.25, 0.3) is 17.4 Å². The number of imide groups is 1. The minimum Gasteiger partial charge on any atom is -0.494 e. The molecule has 3 aliphatic rings. The maximum absolute atomic E-state index is 12.4. The molecule has 2 saturated heterocycles. The van der Waals surface area contributed by atoms with Gasteiger partial charge in [0.2, 0.25) is 0 Å². The van der Waals surface area contributed by atoms with Gasteiger partial charge in [0, 0.05) is 5.56 Å². The number of aromatic nitrogens is 1. The summed E-state index contributed by atoms with van der Waals surface area (Å²) < 4.78 is 10.5. The van der Waals surface area contributed by atoms with E-state index >= 15 is 0 Å². The van der Waals surface area contributed by atoms with Gasteiger partial charge in [-0.2, -0.15) is 0 Å². The second kappa shape index (κ2) is 9.56. The Hall–Kier alpha value is -3.02. The molecule has 0 radical (unpaired) electrons. The largest absolute Gasteiger partial charge is 0.494 e.